The fourth-order valence-electron chi connectivity index (χ4n) is 14.9. The van der Waals surface area contributed by atoms with Crippen LogP contribution < -0.4 is 21.9 Å². The number of nitrogens with one attached hydrogen (secondary N) is 3. The summed E-state index contributed by atoms with van der Waals surface area (Å²) in [4.78, 5) is 106. The highest BCUT2D eigenvalue weighted by Crippen LogP contribution is 2.36. The minimum absolute atomic E-state index is 0.0341. The number of carbonyl (C=O) groups is 6. The lowest BCUT2D eigenvalue weighted by Crippen LogP contribution is -2.36. The third-order valence-corrected chi connectivity index (χ3v) is 21.1. The van der Waals surface area contributed by atoms with E-state index in [9.17, 15) is 28.8 Å². The molecule has 0 bridgehead atoms. The first-order chi connectivity index (χ1) is 54.0. The number of hydrogen-bond acceptors (Lipinski definition) is 12. The molecule has 3 fully saturated rings. The summed E-state index contributed by atoms with van der Waals surface area (Å²) in [5, 5.41) is 7.01. The Labute approximate surface area is 659 Å². The van der Waals surface area contributed by atoms with E-state index in [-0.39, 0.29) is 35.4 Å². The molecule has 0 unspecified atom stereocenters. The zero-order valence-electron chi connectivity index (χ0n) is 67.3. The maximum absolute atomic E-state index is 13.7. The average Bonchev–Trinajstić information content (AvgIpc) is 1.78. The zero-order valence-corrected chi connectivity index (χ0v) is 67.3. The van der Waals surface area contributed by atoms with Crippen LogP contribution in [0.3, 0.4) is 0 Å². The highest BCUT2D eigenvalue weighted by Gasteiger charge is 2.28. The lowest BCUT2D eigenvalue weighted by Gasteiger charge is -2.23. The third kappa shape index (κ3) is 22.5. The second-order valence-electron chi connectivity index (χ2n) is 30.0. The van der Waals surface area contributed by atoms with Gasteiger partial charge in [-0.25, -0.2) is 10.8 Å². The van der Waals surface area contributed by atoms with Crippen LogP contribution >= 0.6 is 0 Å². The van der Waals surface area contributed by atoms with Gasteiger partial charge in [-0.1, -0.05) is 127 Å². The fourth-order valence-corrected chi connectivity index (χ4v) is 14.9. The number of carbonyl (C=O) groups excluding carboxylic acids is 6. The summed E-state index contributed by atoms with van der Waals surface area (Å²) in [6.45, 7) is 23.8. The Balaban J connectivity index is 0.000000177. The first-order valence-electron chi connectivity index (χ1n) is 40.8. The number of nitrogens with zero attached hydrogens (tertiary/aromatic N) is 10. The first-order valence-corrected chi connectivity index (χ1v) is 40.8. The number of unbranched alkanes of at least 4 members (excludes halogenated alkanes) is 2. The average molecular weight is 1500 g/mol. The molecule has 6 aliphatic rings. The molecule has 20 nitrogen and oxygen atoms in total. The summed E-state index contributed by atoms with van der Waals surface area (Å²) >= 11 is 0. The highest BCUT2D eigenvalue weighted by atomic mass is 16.2. The van der Waals surface area contributed by atoms with Crippen molar-refractivity contribution in [3.8, 4) is 33.4 Å². The maximum Gasteiger partial charge on any atom is 0.253 e. The van der Waals surface area contributed by atoms with E-state index in [0.717, 1.165) is 276 Å². The van der Waals surface area contributed by atoms with Crippen LogP contribution in [0.15, 0.2) is 159 Å². The van der Waals surface area contributed by atoms with Gasteiger partial charge in [0.1, 0.15) is 17.5 Å². The molecule has 0 aliphatic carbocycles. The van der Waals surface area contributed by atoms with E-state index in [1.807, 2.05) is 153 Å². The number of rotatable bonds is 26. The van der Waals surface area contributed by atoms with Crippen molar-refractivity contribution in [2.24, 2.45) is 20.8 Å². The van der Waals surface area contributed by atoms with E-state index in [1.54, 1.807) is 7.05 Å². The molecule has 6 heterocycles. The summed E-state index contributed by atoms with van der Waals surface area (Å²) < 4.78 is 0. The van der Waals surface area contributed by atoms with Gasteiger partial charge >= 0.3 is 0 Å². The van der Waals surface area contributed by atoms with Crippen molar-refractivity contribution in [3.63, 3.8) is 0 Å². The Bertz CT molecular complexity index is 4380. The Morgan fingerprint density at radius 1 is 0.423 bits per heavy atom. The number of likely N-dealkylation sites (tertiary alicyclic amines) is 3. The molecule has 6 aliphatic heterocycles. The van der Waals surface area contributed by atoms with Crippen LogP contribution in [-0.4, -0.2) is 200 Å². The minimum atomic E-state index is 0.0341. The molecule has 111 heavy (non-hydrogen) atoms. The molecule has 0 saturated carbocycles. The third-order valence-electron chi connectivity index (χ3n) is 21.1. The molecular weight excluding hydrogens is 1390 g/mol. The number of benzene rings is 6. The Hall–Kier alpha value is -10.3. The highest BCUT2D eigenvalue weighted by molar-refractivity contribution is 6.12. The second kappa shape index (κ2) is 41.6. The molecule has 20 heteroatoms. The lowest BCUT2D eigenvalue weighted by molar-refractivity contribution is -0.128. The summed E-state index contributed by atoms with van der Waals surface area (Å²) in [6.07, 6.45) is 21.7. The topological polar surface area (TPSA) is 224 Å². The van der Waals surface area contributed by atoms with E-state index in [1.165, 1.54) is 0 Å². The molecule has 6 aromatic rings. The standard InChI is InChI=1S/C33H45N5O2.C30H38N4O2.C28H35N5O2/c1-5-7-18-37(17-6-2)33(40)29-22-28-15-14-27(23-30(28)35-31(24-29)34-16-21-36(3)4)25-10-12-26(13-11-25)32(39)38-19-8-9-20-38;1-4-6-16-33(15-5-2)30(36)26-19-25-14-13-24(20-27(25)32-28(21-26)31-3)22-9-11-23(12-10-22)29(35)34-17-7-8-18-34;1-3-13-32(14-4-2)28(35)24-17-23-12-11-22(18-25(23)30-26(19-24)31-29)20-7-9-21(10-8-20)27(34)33-15-5-6-16-33/h10-15,22-23H,5-9,16-21,24H2,1-4H3,(H,34,35);9-14,19-20H,4-8,15-18,21H2,1-3H3,(H,31,32);7-12,17-18H,3-6,13-16,19,29H2,1-2H3,(H,30,31). The summed E-state index contributed by atoms with van der Waals surface area (Å²) in [6, 6.07) is 42.1. The van der Waals surface area contributed by atoms with Crippen molar-refractivity contribution in [2.75, 3.05) is 123 Å². The van der Waals surface area contributed by atoms with Crippen LogP contribution in [0.5, 0.6) is 0 Å². The van der Waals surface area contributed by atoms with Crippen LogP contribution in [0.4, 0.5) is 17.1 Å². The number of amidine groups is 3. The Kier molecular flexibility index (Phi) is 31.2. The van der Waals surface area contributed by atoms with Crippen molar-refractivity contribution < 1.29 is 28.8 Å². The minimum Gasteiger partial charge on any atom is -0.343 e. The first kappa shape index (κ1) is 83.2. The van der Waals surface area contributed by atoms with E-state index in [2.05, 4.69) is 104 Å². The van der Waals surface area contributed by atoms with Gasteiger partial charge in [-0.2, -0.15) is 0 Å². The molecule has 588 valence electrons. The number of aliphatic imine (C=N–C) groups is 3. The van der Waals surface area contributed by atoms with E-state index in [0.29, 0.717) is 42.8 Å². The molecule has 12 rings (SSSR count). The van der Waals surface area contributed by atoms with Gasteiger partial charge in [0.25, 0.3) is 17.7 Å². The molecule has 0 radical (unpaired) electrons. The molecule has 6 aromatic carbocycles. The van der Waals surface area contributed by atoms with Gasteiger partial charge in [0.2, 0.25) is 17.7 Å². The SMILES string of the molecule is CCCCN(CCC)C(=O)C1=Cc2ccc(-c3ccc(C(=O)N4CCCC4)cc3)cc2NC(=NC)C1.CCCCN(CCC)C(=O)C1=Cc2ccc(-c3ccc(C(=O)N4CCCC4)cc3)cc2NC(=NCCN(C)C)C1.CCCN(CCC)C(=O)C1=Cc2ccc(-c3ccc(C(=O)N4CCCC4)cc3)cc2N=C(NN)C1. The van der Waals surface area contributed by atoms with Crippen molar-refractivity contribution in [2.45, 2.75) is 151 Å². The zero-order chi connectivity index (χ0) is 78.8. The van der Waals surface area contributed by atoms with Crippen LogP contribution in [0.1, 0.15) is 198 Å². The number of anilines is 2. The largest absolute Gasteiger partial charge is 0.343 e. The number of nitrogens with two attached hydrogens (primary N) is 1. The van der Waals surface area contributed by atoms with Gasteiger partial charge in [0.05, 0.1) is 12.2 Å². The smallest absolute Gasteiger partial charge is 0.253 e. The number of hydrazine groups is 1. The van der Waals surface area contributed by atoms with Gasteiger partial charge in [0.15, 0.2) is 0 Å². The van der Waals surface area contributed by atoms with Crippen molar-refractivity contribution in [3.05, 3.63) is 177 Å². The van der Waals surface area contributed by atoms with Crippen molar-refractivity contribution in [1.82, 2.24) is 39.7 Å². The van der Waals surface area contributed by atoms with E-state index < -0.39 is 0 Å². The molecule has 3 saturated heterocycles. The summed E-state index contributed by atoms with van der Waals surface area (Å²) in [5.74, 6) is 8.48. The van der Waals surface area contributed by atoms with Gasteiger partial charge in [-0.15, -0.1) is 0 Å². The monoisotopic (exact) mass is 1500 g/mol. The van der Waals surface area contributed by atoms with Crippen molar-refractivity contribution >= 4 is 88.2 Å². The van der Waals surface area contributed by atoms with E-state index in [4.69, 9.17) is 15.8 Å². The Morgan fingerprint density at radius 2 is 0.766 bits per heavy atom. The molecule has 0 atom stereocenters. The van der Waals surface area contributed by atoms with Gasteiger partial charge < -0.3 is 50.4 Å². The molecule has 0 aromatic heterocycles. The normalized spacial score (nSPS) is 15.8. The quantitative estimate of drug-likeness (QED) is 0.0295. The van der Waals surface area contributed by atoms with Crippen molar-refractivity contribution in [1.29, 1.82) is 0 Å². The number of fused-ring (bicyclic) bond motifs is 3. The maximum atomic E-state index is 13.7. The van der Waals surface area contributed by atoms with Crippen LogP contribution in [-0.2, 0) is 14.4 Å². The second-order valence-corrected chi connectivity index (χ2v) is 30.0. The van der Waals surface area contributed by atoms with E-state index >= 15 is 0 Å². The lowest BCUT2D eigenvalue weighted by atomic mass is 9.99. The number of hydrogen-bond donors (Lipinski definition) is 4. The van der Waals surface area contributed by atoms with Gasteiger partial charge in [0, 0.05) is 162 Å². The molecular formula is C91H118N14O6. The van der Waals surface area contributed by atoms with Gasteiger partial charge in [-0.05, 0) is 208 Å². The van der Waals surface area contributed by atoms with Crippen LogP contribution in [0.25, 0.3) is 51.6 Å². The van der Waals surface area contributed by atoms with Gasteiger partial charge in [-0.3, -0.25) is 38.8 Å². The Morgan fingerprint density at radius 3 is 1.14 bits per heavy atom. The predicted molar refractivity (Wildman–Crippen MR) is 455 cm³/mol. The van der Waals surface area contributed by atoms with Crippen LogP contribution in [0, 0.1) is 0 Å². The number of amides is 6. The molecule has 0 spiro atoms. The predicted octanol–water partition coefficient (Wildman–Crippen LogP) is 16.2. The summed E-state index contributed by atoms with van der Waals surface area (Å²) in [7, 11) is 5.84. The van der Waals surface area contributed by atoms with Crippen LogP contribution in [0.2, 0.25) is 0 Å². The fraction of sp³-hybridized carbons (Fsp3) is 0.440. The molecule has 5 N–H and O–H groups in total. The summed E-state index contributed by atoms with van der Waals surface area (Å²) in [5.41, 5.74) is 18.8. The number of likely N-dealkylation sites (N-methyl/N-ethyl adjacent to an activating group) is 1. The molecule has 6 amide bonds.